The van der Waals surface area contributed by atoms with Crippen molar-refractivity contribution in [2.45, 2.75) is 70.6 Å². The van der Waals surface area contributed by atoms with Crippen molar-refractivity contribution in [1.29, 1.82) is 0 Å². The Bertz CT molecular complexity index is 243. The zero-order valence-corrected chi connectivity index (χ0v) is 10.9. The molecular formula is C13H25NO3. The van der Waals surface area contributed by atoms with Crippen molar-refractivity contribution in [1.82, 2.24) is 4.90 Å². The Labute approximate surface area is 104 Å². The summed E-state index contributed by atoms with van der Waals surface area (Å²) in [6, 6.07) is -0.138. The molecule has 1 aliphatic rings. The van der Waals surface area contributed by atoms with Gasteiger partial charge >= 0.3 is 5.97 Å². The lowest BCUT2D eigenvalue weighted by Crippen LogP contribution is -2.50. The van der Waals surface area contributed by atoms with Gasteiger partial charge in [0.2, 0.25) is 0 Å². The number of hydrogen-bond acceptors (Lipinski definition) is 3. The van der Waals surface area contributed by atoms with Crippen molar-refractivity contribution in [3.05, 3.63) is 0 Å². The number of nitrogens with zero attached hydrogens (tertiary/aromatic N) is 1. The number of hydrogen-bond donors (Lipinski definition) is 2. The SMILES string of the molecule is CCCC(C(=O)O)N1CCCCC1CC(C)O. The Morgan fingerprint density at radius 2 is 2.18 bits per heavy atom. The highest BCUT2D eigenvalue weighted by atomic mass is 16.4. The van der Waals surface area contributed by atoms with Crippen molar-refractivity contribution in [2.24, 2.45) is 0 Å². The number of carbonyl (C=O) groups is 1. The number of likely N-dealkylation sites (tertiary alicyclic amines) is 1. The highest BCUT2D eigenvalue weighted by molar-refractivity contribution is 5.73. The van der Waals surface area contributed by atoms with E-state index in [4.69, 9.17) is 0 Å². The van der Waals surface area contributed by atoms with Crippen LogP contribution in [0.4, 0.5) is 0 Å². The number of carboxylic acids is 1. The van der Waals surface area contributed by atoms with Gasteiger partial charge in [-0.2, -0.15) is 0 Å². The van der Waals surface area contributed by atoms with Gasteiger partial charge in [0.25, 0.3) is 0 Å². The molecule has 3 unspecified atom stereocenters. The Balaban J connectivity index is 2.70. The van der Waals surface area contributed by atoms with Crippen LogP contribution in [0.2, 0.25) is 0 Å². The summed E-state index contributed by atoms with van der Waals surface area (Å²) in [5.41, 5.74) is 0. The quantitative estimate of drug-likeness (QED) is 0.747. The Hall–Kier alpha value is -0.610. The van der Waals surface area contributed by atoms with Gasteiger partial charge in [0.1, 0.15) is 6.04 Å². The summed E-state index contributed by atoms with van der Waals surface area (Å²) in [4.78, 5) is 13.4. The van der Waals surface area contributed by atoms with Crippen LogP contribution < -0.4 is 0 Å². The lowest BCUT2D eigenvalue weighted by atomic mass is 9.94. The van der Waals surface area contributed by atoms with Gasteiger partial charge in [0.05, 0.1) is 6.10 Å². The minimum atomic E-state index is -0.718. The molecule has 3 atom stereocenters. The summed E-state index contributed by atoms with van der Waals surface area (Å²) in [5.74, 6) is -0.718. The maximum atomic E-state index is 11.3. The topological polar surface area (TPSA) is 60.8 Å². The molecule has 2 N–H and O–H groups in total. The summed E-state index contributed by atoms with van der Waals surface area (Å²) < 4.78 is 0. The summed E-state index contributed by atoms with van der Waals surface area (Å²) >= 11 is 0. The molecule has 1 aliphatic heterocycles. The van der Waals surface area contributed by atoms with E-state index in [-0.39, 0.29) is 18.2 Å². The van der Waals surface area contributed by atoms with E-state index in [9.17, 15) is 15.0 Å². The van der Waals surface area contributed by atoms with Gasteiger partial charge in [0, 0.05) is 6.04 Å². The van der Waals surface area contributed by atoms with Crippen LogP contribution in [0.5, 0.6) is 0 Å². The molecule has 100 valence electrons. The van der Waals surface area contributed by atoms with Crippen LogP contribution in [0.3, 0.4) is 0 Å². The van der Waals surface area contributed by atoms with Crippen molar-refractivity contribution in [3.8, 4) is 0 Å². The molecule has 1 rings (SSSR count). The van der Waals surface area contributed by atoms with Crippen molar-refractivity contribution >= 4 is 5.97 Å². The fourth-order valence-electron chi connectivity index (χ4n) is 2.78. The molecule has 0 aromatic carbocycles. The van der Waals surface area contributed by atoms with E-state index < -0.39 is 5.97 Å². The predicted octanol–water partition coefficient (Wildman–Crippen LogP) is 1.87. The van der Waals surface area contributed by atoms with Crippen LogP contribution in [-0.4, -0.2) is 45.8 Å². The van der Waals surface area contributed by atoms with Crippen LogP contribution in [0, 0.1) is 0 Å². The number of rotatable bonds is 6. The number of aliphatic hydroxyl groups is 1. The Morgan fingerprint density at radius 3 is 2.71 bits per heavy atom. The summed E-state index contributed by atoms with van der Waals surface area (Å²) in [6.07, 6.45) is 5.15. The van der Waals surface area contributed by atoms with E-state index in [1.54, 1.807) is 6.92 Å². The van der Waals surface area contributed by atoms with E-state index >= 15 is 0 Å². The molecule has 0 bridgehead atoms. The second-order valence-corrected chi connectivity index (χ2v) is 5.11. The summed E-state index contributed by atoms with van der Waals surface area (Å²) in [5, 5.41) is 18.8. The fraction of sp³-hybridized carbons (Fsp3) is 0.923. The number of aliphatic hydroxyl groups excluding tert-OH is 1. The molecular weight excluding hydrogens is 218 g/mol. The third kappa shape index (κ3) is 4.28. The molecule has 17 heavy (non-hydrogen) atoms. The summed E-state index contributed by atoms with van der Waals surface area (Å²) in [6.45, 7) is 4.65. The molecule has 0 aliphatic carbocycles. The van der Waals surface area contributed by atoms with Crippen molar-refractivity contribution in [2.75, 3.05) is 6.54 Å². The number of carboxylic acid groups (broad SMARTS) is 1. The van der Waals surface area contributed by atoms with Gasteiger partial charge < -0.3 is 10.2 Å². The average molecular weight is 243 g/mol. The molecule has 0 spiro atoms. The third-order valence-electron chi connectivity index (χ3n) is 3.53. The van der Waals surface area contributed by atoms with E-state index in [1.807, 2.05) is 6.92 Å². The molecule has 0 aromatic heterocycles. The normalized spacial score (nSPS) is 25.5. The maximum absolute atomic E-state index is 11.3. The Morgan fingerprint density at radius 1 is 1.47 bits per heavy atom. The van der Waals surface area contributed by atoms with E-state index in [0.29, 0.717) is 12.8 Å². The van der Waals surface area contributed by atoms with Crippen LogP contribution in [0.15, 0.2) is 0 Å². The van der Waals surface area contributed by atoms with Gasteiger partial charge in [0.15, 0.2) is 0 Å². The van der Waals surface area contributed by atoms with E-state index in [1.165, 1.54) is 0 Å². The molecule has 1 fully saturated rings. The minimum absolute atomic E-state index is 0.233. The third-order valence-corrected chi connectivity index (χ3v) is 3.53. The first kappa shape index (κ1) is 14.5. The smallest absolute Gasteiger partial charge is 0.320 e. The summed E-state index contributed by atoms with van der Waals surface area (Å²) in [7, 11) is 0. The largest absolute Gasteiger partial charge is 0.480 e. The first-order valence-electron chi connectivity index (χ1n) is 6.72. The lowest BCUT2D eigenvalue weighted by Gasteiger charge is -2.40. The molecule has 0 radical (unpaired) electrons. The number of aliphatic carboxylic acids is 1. The highest BCUT2D eigenvalue weighted by Gasteiger charge is 2.32. The van der Waals surface area contributed by atoms with Gasteiger partial charge in [-0.25, -0.2) is 0 Å². The van der Waals surface area contributed by atoms with E-state index in [2.05, 4.69) is 4.90 Å². The van der Waals surface area contributed by atoms with Gasteiger partial charge in [-0.15, -0.1) is 0 Å². The molecule has 4 nitrogen and oxygen atoms in total. The molecule has 4 heteroatoms. The van der Waals surface area contributed by atoms with Crippen LogP contribution in [0.1, 0.15) is 52.4 Å². The number of piperidine rings is 1. The lowest BCUT2D eigenvalue weighted by molar-refractivity contribution is -0.145. The predicted molar refractivity (Wildman–Crippen MR) is 67.0 cm³/mol. The van der Waals surface area contributed by atoms with E-state index in [0.717, 1.165) is 32.2 Å². The molecule has 0 aromatic rings. The highest BCUT2D eigenvalue weighted by Crippen LogP contribution is 2.25. The second-order valence-electron chi connectivity index (χ2n) is 5.11. The Kier molecular flexibility index (Phi) is 5.92. The zero-order chi connectivity index (χ0) is 12.8. The zero-order valence-electron chi connectivity index (χ0n) is 10.9. The monoisotopic (exact) mass is 243 g/mol. The fourth-order valence-corrected chi connectivity index (χ4v) is 2.78. The minimum Gasteiger partial charge on any atom is -0.480 e. The van der Waals surface area contributed by atoms with Crippen LogP contribution >= 0.6 is 0 Å². The van der Waals surface area contributed by atoms with Crippen molar-refractivity contribution < 1.29 is 15.0 Å². The molecule has 0 amide bonds. The van der Waals surface area contributed by atoms with Gasteiger partial charge in [-0.3, -0.25) is 9.69 Å². The van der Waals surface area contributed by atoms with Crippen LogP contribution in [0.25, 0.3) is 0 Å². The molecule has 1 saturated heterocycles. The average Bonchev–Trinajstić information content (AvgIpc) is 2.26. The first-order valence-corrected chi connectivity index (χ1v) is 6.72. The molecule has 0 saturated carbocycles. The molecule has 1 heterocycles. The van der Waals surface area contributed by atoms with Crippen LogP contribution in [-0.2, 0) is 4.79 Å². The standard InChI is InChI=1S/C13H25NO3/c1-3-6-12(13(16)17)14-8-5-4-7-11(14)9-10(2)15/h10-12,15H,3-9H2,1-2H3,(H,16,17). The maximum Gasteiger partial charge on any atom is 0.320 e. The second kappa shape index (κ2) is 6.97. The van der Waals surface area contributed by atoms with Gasteiger partial charge in [-0.1, -0.05) is 19.8 Å². The van der Waals surface area contributed by atoms with Gasteiger partial charge in [-0.05, 0) is 39.2 Å². The van der Waals surface area contributed by atoms with Crippen molar-refractivity contribution in [3.63, 3.8) is 0 Å². The first-order chi connectivity index (χ1) is 8.06.